The SMILES string of the molecule is CCN1CCC(CCNC(=O)CCCN)CC1.Cl.Cl. The van der Waals surface area contributed by atoms with Crippen molar-refractivity contribution < 1.29 is 4.79 Å². The van der Waals surface area contributed by atoms with Gasteiger partial charge in [-0.1, -0.05) is 6.92 Å². The number of carbonyl (C=O) groups excluding carboxylic acids is 1. The fourth-order valence-electron chi connectivity index (χ4n) is 2.36. The summed E-state index contributed by atoms with van der Waals surface area (Å²) in [5.41, 5.74) is 5.36. The van der Waals surface area contributed by atoms with Crippen molar-refractivity contribution in [1.82, 2.24) is 10.2 Å². The van der Waals surface area contributed by atoms with Gasteiger partial charge in [-0.05, 0) is 57.8 Å². The Morgan fingerprint density at radius 2 is 1.95 bits per heavy atom. The quantitative estimate of drug-likeness (QED) is 0.753. The summed E-state index contributed by atoms with van der Waals surface area (Å²) in [4.78, 5) is 13.9. The van der Waals surface area contributed by atoms with Gasteiger partial charge in [0.1, 0.15) is 0 Å². The van der Waals surface area contributed by atoms with E-state index >= 15 is 0 Å². The number of piperidine rings is 1. The summed E-state index contributed by atoms with van der Waals surface area (Å²) in [6.45, 7) is 7.27. The maximum atomic E-state index is 11.4. The normalized spacial score (nSPS) is 16.3. The Morgan fingerprint density at radius 3 is 2.47 bits per heavy atom. The van der Waals surface area contributed by atoms with Crippen LogP contribution in [-0.2, 0) is 4.79 Å². The molecule has 1 saturated heterocycles. The second-order valence-electron chi connectivity index (χ2n) is 4.91. The minimum atomic E-state index is 0. The lowest BCUT2D eigenvalue weighted by atomic mass is 9.93. The number of hydrogen-bond donors (Lipinski definition) is 2. The highest BCUT2D eigenvalue weighted by Gasteiger charge is 2.17. The Kier molecular flexibility index (Phi) is 14.5. The first-order chi connectivity index (χ1) is 8.26. The number of amides is 1. The molecule has 0 unspecified atom stereocenters. The molecule has 116 valence electrons. The predicted octanol–water partition coefficient (Wildman–Crippen LogP) is 1.81. The van der Waals surface area contributed by atoms with Crippen LogP contribution in [0.4, 0.5) is 0 Å². The van der Waals surface area contributed by atoms with Crippen LogP contribution < -0.4 is 11.1 Å². The van der Waals surface area contributed by atoms with E-state index in [1.54, 1.807) is 0 Å². The van der Waals surface area contributed by atoms with Crippen molar-refractivity contribution in [2.45, 2.75) is 39.0 Å². The molecule has 0 spiro atoms. The van der Waals surface area contributed by atoms with E-state index in [1.165, 1.54) is 32.5 Å². The van der Waals surface area contributed by atoms with Crippen LogP contribution in [-0.4, -0.2) is 43.5 Å². The van der Waals surface area contributed by atoms with Gasteiger partial charge >= 0.3 is 0 Å². The summed E-state index contributed by atoms with van der Waals surface area (Å²) >= 11 is 0. The van der Waals surface area contributed by atoms with Gasteiger partial charge in [0.05, 0.1) is 0 Å². The molecule has 1 heterocycles. The molecular weight excluding hydrogens is 285 g/mol. The Labute approximate surface area is 129 Å². The molecular formula is C13H29Cl2N3O. The van der Waals surface area contributed by atoms with Crippen LogP contribution in [0.15, 0.2) is 0 Å². The molecule has 1 aliphatic rings. The minimum Gasteiger partial charge on any atom is -0.356 e. The molecule has 0 aliphatic carbocycles. The summed E-state index contributed by atoms with van der Waals surface area (Å²) in [7, 11) is 0. The van der Waals surface area contributed by atoms with Crippen LogP contribution in [0.25, 0.3) is 0 Å². The number of nitrogens with zero attached hydrogens (tertiary/aromatic N) is 1. The van der Waals surface area contributed by atoms with Gasteiger partial charge in [0.2, 0.25) is 5.91 Å². The zero-order valence-corrected chi connectivity index (χ0v) is 13.5. The van der Waals surface area contributed by atoms with Crippen molar-refractivity contribution in [3.05, 3.63) is 0 Å². The van der Waals surface area contributed by atoms with Crippen molar-refractivity contribution in [2.75, 3.05) is 32.7 Å². The number of nitrogens with two attached hydrogens (primary N) is 1. The molecule has 6 heteroatoms. The van der Waals surface area contributed by atoms with Crippen molar-refractivity contribution in [1.29, 1.82) is 0 Å². The van der Waals surface area contributed by atoms with Gasteiger partial charge in [-0.25, -0.2) is 0 Å². The van der Waals surface area contributed by atoms with Gasteiger partial charge in [0.15, 0.2) is 0 Å². The second kappa shape index (κ2) is 13.0. The average Bonchev–Trinajstić information content (AvgIpc) is 2.37. The smallest absolute Gasteiger partial charge is 0.220 e. The summed E-state index contributed by atoms with van der Waals surface area (Å²) < 4.78 is 0. The van der Waals surface area contributed by atoms with Crippen LogP contribution >= 0.6 is 24.8 Å². The van der Waals surface area contributed by atoms with Gasteiger partial charge in [-0.2, -0.15) is 0 Å². The maximum absolute atomic E-state index is 11.4. The molecule has 0 atom stereocenters. The van der Waals surface area contributed by atoms with Crippen LogP contribution in [0.2, 0.25) is 0 Å². The third-order valence-electron chi connectivity index (χ3n) is 3.64. The zero-order valence-electron chi connectivity index (χ0n) is 11.9. The van der Waals surface area contributed by atoms with Crippen molar-refractivity contribution in [3.8, 4) is 0 Å². The highest BCUT2D eigenvalue weighted by atomic mass is 35.5. The highest BCUT2D eigenvalue weighted by molar-refractivity contribution is 5.85. The fraction of sp³-hybridized carbons (Fsp3) is 0.923. The highest BCUT2D eigenvalue weighted by Crippen LogP contribution is 2.19. The van der Waals surface area contributed by atoms with Gasteiger partial charge in [-0.3, -0.25) is 4.79 Å². The molecule has 1 fully saturated rings. The average molecular weight is 314 g/mol. The molecule has 0 bridgehead atoms. The summed E-state index contributed by atoms with van der Waals surface area (Å²) in [5, 5.41) is 2.98. The lowest BCUT2D eigenvalue weighted by molar-refractivity contribution is -0.121. The van der Waals surface area contributed by atoms with Crippen LogP contribution in [0.1, 0.15) is 39.0 Å². The zero-order chi connectivity index (χ0) is 12.5. The predicted molar refractivity (Wildman–Crippen MR) is 85.2 cm³/mol. The van der Waals surface area contributed by atoms with E-state index in [0.717, 1.165) is 25.3 Å². The fourth-order valence-corrected chi connectivity index (χ4v) is 2.36. The monoisotopic (exact) mass is 313 g/mol. The summed E-state index contributed by atoms with van der Waals surface area (Å²) in [6, 6.07) is 0. The number of carbonyl (C=O) groups is 1. The van der Waals surface area contributed by atoms with Gasteiger partial charge < -0.3 is 16.0 Å². The lowest BCUT2D eigenvalue weighted by Crippen LogP contribution is -2.35. The van der Waals surface area contributed by atoms with Gasteiger partial charge in [0.25, 0.3) is 0 Å². The molecule has 0 radical (unpaired) electrons. The summed E-state index contributed by atoms with van der Waals surface area (Å²) in [5.74, 6) is 0.953. The standard InChI is InChI=1S/C13H27N3O.2ClH/c1-2-16-10-6-12(7-11-16)5-9-15-13(17)4-3-8-14;;/h12H,2-11,14H2,1H3,(H,15,17);2*1H. The van der Waals surface area contributed by atoms with E-state index in [1.807, 2.05) is 0 Å². The van der Waals surface area contributed by atoms with Crippen LogP contribution in [0.3, 0.4) is 0 Å². The van der Waals surface area contributed by atoms with E-state index in [-0.39, 0.29) is 30.7 Å². The lowest BCUT2D eigenvalue weighted by Gasteiger charge is -2.31. The topological polar surface area (TPSA) is 58.4 Å². The molecule has 0 saturated carbocycles. The van der Waals surface area contributed by atoms with E-state index < -0.39 is 0 Å². The van der Waals surface area contributed by atoms with E-state index in [0.29, 0.717) is 13.0 Å². The molecule has 19 heavy (non-hydrogen) atoms. The number of nitrogens with one attached hydrogen (secondary N) is 1. The van der Waals surface area contributed by atoms with Crippen LogP contribution in [0.5, 0.6) is 0 Å². The van der Waals surface area contributed by atoms with E-state index in [2.05, 4.69) is 17.1 Å². The number of rotatable bonds is 7. The first-order valence-electron chi connectivity index (χ1n) is 6.95. The third-order valence-corrected chi connectivity index (χ3v) is 3.64. The molecule has 1 rings (SSSR count). The number of halogens is 2. The Morgan fingerprint density at radius 1 is 1.32 bits per heavy atom. The first-order valence-corrected chi connectivity index (χ1v) is 6.95. The van der Waals surface area contributed by atoms with Crippen molar-refractivity contribution >= 4 is 30.7 Å². The number of likely N-dealkylation sites (tertiary alicyclic amines) is 1. The largest absolute Gasteiger partial charge is 0.356 e. The Balaban J connectivity index is 0. The molecule has 0 aromatic carbocycles. The molecule has 0 aromatic rings. The molecule has 1 aliphatic heterocycles. The van der Waals surface area contributed by atoms with Crippen molar-refractivity contribution in [3.63, 3.8) is 0 Å². The first kappa shape index (κ1) is 21.3. The Bertz CT molecular complexity index is 222. The maximum Gasteiger partial charge on any atom is 0.220 e. The van der Waals surface area contributed by atoms with Gasteiger partial charge in [0, 0.05) is 13.0 Å². The molecule has 0 aromatic heterocycles. The van der Waals surface area contributed by atoms with Crippen LogP contribution in [0, 0.1) is 5.92 Å². The second-order valence-corrected chi connectivity index (χ2v) is 4.91. The van der Waals surface area contributed by atoms with E-state index in [9.17, 15) is 4.79 Å². The van der Waals surface area contributed by atoms with Crippen molar-refractivity contribution in [2.24, 2.45) is 11.7 Å². The Hall–Kier alpha value is -0.0300. The van der Waals surface area contributed by atoms with E-state index in [4.69, 9.17) is 5.73 Å². The third kappa shape index (κ3) is 9.50. The number of hydrogen-bond acceptors (Lipinski definition) is 3. The molecule has 1 amide bonds. The molecule has 4 nitrogen and oxygen atoms in total. The summed E-state index contributed by atoms with van der Waals surface area (Å²) in [6.07, 6.45) is 5.07. The molecule has 3 N–H and O–H groups in total. The minimum absolute atomic E-state index is 0. The van der Waals surface area contributed by atoms with Gasteiger partial charge in [-0.15, -0.1) is 24.8 Å².